The van der Waals surface area contributed by atoms with Crippen molar-refractivity contribution in [3.8, 4) is 5.75 Å². The summed E-state index contributed by atoms with van der Waals surface area (Å²) in [5, 5.41) is 2.94. The van der Waals surface area contributed by atoms with E-state index in [4.69, 9.17) is 4.74 Å². The molecule has 0 saturated heterocycles. The third-order valence-corrected chi connectivity index (χ3v) is 8.66. The number of sulfonamides is 1. The molecular weight excluding hydrogens is 526 g/mol. The lowest BCUT2D eigenvalue weighted by molar-refractivity contribution is -0.139. The first kappa shape index (κ1) is 30.7. The van der Waals surface area contributed by atoms with Gasteiger partial charge in [0, 0.05) is 12.6 Å². The van der Waals surface area contributed by atoms with Crippen LogP contribution in [0.4, 0.5) is 5.69 Å². The Labute approximate surface area is 238 Å². The molecular formula is C31H39N3O5S. The number of hydrogen-bond acceptors (Lipinski definition) is 5. The number of hydrogen-bond donors (Lipinski definition) is 1. The van der Waals surface area contributed by atoms with E-state index >= 15 is 0 Å². The average Bonchev–Trinajstić information content (AvgIpc) is 2.94. The molecule has 0 heterocycles. The van der Waals surface area contributed by atoms with Crippen molar-refractivity contribution in [2.24, 2.45) is 0 Å². The van der Waals surface area contributed by atoms with Gasteiger partial charge in [-0.25, -0.2) is 8.42 Å². The van der Waals surface area contributed by atoms with Gasteiger partial charge in [-0.15, -0.1) is 0 Å². The van der Waals surface area contributed by atoms with Crippen molar-refractivity contribution in [3.63, 3.8) is 0 Å². The lowest BCUT2D eigenvalue weighted by Gasteiger charge is -2.33. The van der Waals surface area contributed by atoms with Gasteiger partial charge in [0.15, 0.2) is 0 Å². The number of methoxy groups -OCH3 is 1. The zero-order valence-corrected chi connectivity index (χ0v) is 24.9. The number of rotatable bonds is 12. The van der Waals surface area contributed by atoms with Crippen LogP contribution in [0.15, 0.2) is 77.7 Å². The molecule has 0 aromatic heterocycles. The second-order valence-electron chi connectivity index (χ2n) is 9.98. The van der Waals surface area contributed by atoms with Gasteiger partial charge in [0.25, 0.3) is 10.0 Å². The molecule has 0 spiro atoms. The quantitative estimate of drug-likeness (QED) is 0.339. The van der Waals surface area contributed by atoms with Gasteiger partial charge in [-0.2, -0.15) is 0 Å². The minimum absolute atomic E-state index is 0.0738. The highest BCUT2D eigenvalue weighted by atomic mass is 32.2. The summed E-state index contributed by atoms with van der Waals surface area (Å²) in [6.07, 6.45) is 0.734. The molecule has 0 bridgehead atoms. The first-order valence-electron chi connectivity index (χ1n) is 13.4. The second kappa shape index (κ2) is 13.5. The number of nitrogens with zero attached hydrogens (tertiary/aromatic N) is 2. The second-order valence-corrected chi connectivity index (χ2v) is 11.8. The van der Waals surface area contributed by atoms with E-state index in [1.807, 2.05) is 52.0 Å². The first-order chi connectivity index (χ1) is 19.0. The van der Waals surface area contributed by atoms with Crippen LogP contribution in [0.5, 0.6) is 5.75 Å². The summed E-state index contributed by atoms with van der Waals surface area (Å²) in [6, 6.07) is 19.7. The zero-order chi connectivity index (χ0) is 29.4. The molecule has 9 heteroatoms. The maximum Gasteiger partial charge on any atom is 0.264 e. The molecule has 0 fully saturated rings. The van der Waals surface area contributed by atoms with Crippen LogP contribution in [0.3, 0.4) is 0 Å². The number of anilines is 1. The summed E-state index contributed by atoms with van der Waals surface area (Å²) in [5.74, 6) is -0.200. The van der Waals surface area contributed by atoms with E-state index in [0.717, 1.165) is 21.9 Å². The Bertz CT molecular complexity index is 1430. The summed E-state index contributed by atoms with van der Waals surface area (Å²) < 4.78 is 34.3. The van der Waals surface area contributed by atoms with Crippen LogP contribution >= 0.6 is 0 Å². The van der Waals surface area contributed by atoms with Crippen molar-refractivity contribution in [2.75, 3.05) is 18.0 Å². The lowest BCUT2D eigenvalue weighted by Crippen LogP contribution is -2.52. The molecule has 3 aromatic rings. The Morgan fingerprint density at radius 3 is 2.27 bits per heavy atom. The number of carbonyl (C=O) groups excluding carboxylic acids is 2. The summed E-state index contributed by atoms with van der Waals surface area (Å²) in [5.41, 5.74) is 2.84. The molecule has 8 nitrogen and oxygen atoms in total. The number of ether oxygens (including phenoxy) is 1. The smallest absolute Gasteiger partial charge is 0.264 e. The Hall–Kier alpha value is -3.85. The van der Waals surface area contributed by atoms with Gasteiger partial charge in [-0.1, -0.05) is 55.0 Å². The van der Waals surface area contributed by atoms with Gasteiger partial charge in [0.1, 0.15) is 18.3 Å². The zero-order valence-electron chi connectivity index (χ0n) is 24.0. The fraction of sp³-hybridized carbons (Fsp3) is 0.355. The third-order valence-electron chi connectivity index (χ3n) is 6.89. The Kier molecular flexibility index (Phi) is 10.3. The summed E-state index contributed by atoms with van der Waals surface area (Å²) >= 11 is 0. The van der Waals surface area contributed by atoms with Crippen LogP contribution in [0.1, 0.15) is 43.9 Å². The van der Waals surface area contributed by atoms with Gasteiger partial charge >= 0.3 is 0 Å². The number of nitrogens with one attached hydrogen (secondary N) is 1. The van der Waals surface area contributed by atoms with E-state index in [9.17, 15) is 18.0 Å². The highest BCUT2D eigenvalue weighted by molar-refractivity contribution is 7.92. The Balaban J connectivity index is 2.05. The van der Waals surface area contributed by atoms with Gasteiger partial charge in [0.2, 0.25) is 11.8 Å². The molecule has 3 aromatic carbocycles. The summed E-state index contributed by atoms with van der Waals surface area (Å²) in [6.45, 7) is 8.87. The van der Waals surface area contributed by atoms with Gasteiger partial charge in [0.05, 0.1) is 17.7 Å². The standard InChI is InChI=1S/C31H39N3O5S/c1-7-24(4)32-31(36)25(5)33(20-26-12-11-13-27(19-26)39-6)30(35)21-34(29-17-16-22(2)18-23(29)3)40(37,38)28-14-9-8-10-15-28/h8-19,24-25H,7,20-21H2,1-6H3,(H,32,36)/t24-,25+/m1/s1. The van der Waals surface area contributed by atoms with Crippen LogP contribution in [-0.2, 0) is 26.2 Å². The van der Waals surface area contributed by atoms with Gasteiger partial charge in [-0.05, 0) is 75.6 Å². The fourth-order valence-corrected chi connectivity index (χ4v) is 5.83. The lowest BCUT2D eigenvalue weighted by atomic mass is 10.1. The molecule has 40 heavy (non-hydrogen) atoms. The van der Waals surface area contributed by atoms with Crippen molar-refractivity contribution in [3.05, 3.63) is 89.5 Å². The van der Waals surface area contributed by atoms with Crippen molar-refractivity contribution >= 4 is 27.5 Å². The topological polar surface area (TPSA) is 96.0 Å². The maximum absolute atomic E-state index is 14.1. The van der Waals surface area contributed by atoms with E-state index in [0.29, 0.717) is 17.0 Å². The van der Waals surface area contributed by atoms with Crippen molar-refractivity contribution in [2.45, 2.75) is 64.6 Å². The molecule has 0 aliphatic heterocycles. The van der Waals surface area contributed by atoms with Crippen LogP contribution in [-0.4, -0.2) is 50.9 Å². The monoisotopic (exact) mass is 565 g/mol. The minimum Gasteiger partial charge on any atom is -0.497 e. The summed E-state index contributed by atoms with van der Waals surface area (Å²) in [4.78, 5) is 28.7. The van der Waals surface area contributed by atoms with E-state index < -0.39 is 28.5 Å². The number of benzene rings is 3. The van der Waals surface area contributed by atoms with Crippen molar-refractivity contribution in [1.82, 2.24) is 10.2 Å². The van der Waals surface area contributed by atoms with E-state index in [2.05, 4.69) is 5.32 Å². The third kappa shape index (κ3) is 7.41. The normalized spacial score (nSPS) is 12.8. The largest absolute Gasteiger partial charge is 0.497 e. The van der Waals surface area contributed by atoms with Crippen molar-refractivity contribution in [1.29, 1.82) is 0 Å². The summed E-state index contributed by atoms with van der Waals surface area (Å²) in [7, 11) is -2.55. The predicted molar refractivity (Wildman–Crippen MR) is 158 cm³/mol. The van der Waals surface area contributed by atoms with E-state index in [-0.39, 0.29) is 23.4 Å². The molecule has 1 N–H and O–H groups in total. The van der Waals surface area contributed by atoms with Crippen LogP contribution in [0, 0.1) is 13.8 Å². The average molecular weight is 566 g/mol. The molecule has 2 amide bonds. The van der Waals surface area contributed by atoms with Gasteiger partial charge in [-0.3, -0.25) is 13.9 Å². The molecule has 2 atom stereocenters. The van der Waals surface area contributed by atoms with Crippen LogP contribution in [0.2, 0.25) is 0 Å². The number of aryl methyl sites for hydroxylation is 2. The van der Waals surface area contributed by atoms with Crippen molar-refractivity contribution < 1.29 is 22.7 Å². The van der Waals surface area contributed by atoms with E-state index in [1.54, 1.807) is 50.4 Å². The van der Waals surface area contributed by atoms with E-state index in [1.165, 1.54) is 17.0 Å². The van der Waals surface area contributed by atoms with Crippen LogP contribution in [0.25, 0.3) is 0 Å². The number of carbonyl (C=O) groups is 2. The predicted octanol–water partition coefficient (Wildman–Crippen LogP) is 4.84. The van der Waals surface area contributed by atoms with Gasteiger partial charge < -0.3 is 15.0 Å². The maximum atomic E-state index is 14.1. The molecule has 0 radical (unpaired) electrons. The molecule has 3 rings (SSSR count). The molecule has 0 aliphatic carbocycles. The number of amides is 2. The first-order valence-corrected chi connectivity index (χ1v) is 14.8. The minimum atomic E-state index is -4.11. The molecule has 0 aliphatic rings. The fourth-order valence-electron chi connectivity index (χ4n) is 4.33. The highest BCUT2D eigenvalue weighted by Gasteiger charge is 2.33. The SMILES string of the molecule is CC[C@@H](C)NC(=O)[C@H](C)N(Cc1cccc(OC)c1)C(=O)CN(c1ccc(C)cc1C)S(=O)(=O)c1ccccc1. The molecule has 214 valence electrons. The van der Waals surface area contributed by atoms with Crippen LogP contribution < -0.4 is 14.4 Å². The highest BCUT2D eigenvalue weighted by Crippen LogP contribution is 2.28. The Morgan fingerprint density at radius 1 is 0.950 bits per heavy atom. The Morgan fingerprint density at radius 2 is 1.65 bits per heavy atom. The molecule has 0 unspecified atom stereocenters. The molecule has 0 saturated carbocycles.